The fourth-order valence-electron chi connectivity index (χ4n) is 2.00. The third-order valence-electron chi connectivity index (χ3n) is 3.19. The van der Waals surface area contributed by atoms with E-state index in [-0.39, 0.29) is 36.5 Å². The van der Waals surface area contributed by atoms with Gasteiger partial charge in [-0.1, -0.05) is 13.3 Å². The summed E-state index contributed by atoms with van der Waals surface area (Å²) in [6.07, 6.45) is 1.99. The van der Waals surface area contributed by atoms with E-state index in [4.69, 9.17) is 0 Å². The number of carbonyl (C=O) groups excluding carboxylic acids is 2. The van der Waals surface area contributed by atoms with Crippen LogP contribution in [-0.4, -0.2) is 48.6 Å². The lowest BCUT2D eigenvalue weighted by Crippen LogP contribution is -2.51. The fourth-order valence-corrected chi connectivity index (χ4v) is 2.00. The summed E-state index contributed by atoms with van der Waals surface area (Å²) in [5.41, 5.74) is 0. The Kier molecular flexibility index (Phi) is 8.39. The number of nitrogens with zero attached hydrogens (tertiary/aromatic N) is 1. The molecular weight excluding hydrogens is 244 g/mol. The lowest BCUT2D eigenvalue weighted by molar-refractivity contribution is -0.144. The van der Waals surface area contributed by atoms with Gasteiger partial charge in [0, 0.05) is 12.1 Å². The Morgan fingerprint density at radius 2 is 1.79 bits per heavy atom. The lowest BCUT2D eigenvalue weighted by Gasteiger charge is -2.31. The molecule has 112 valence electrons. The van der Waals surface area contributed by atoms with Crippen LogP contribution >= 0.6 is 0 Å². The van der Waals surface area contributed by atoms with Crippen molar-refractivity contribution in [3.63, 3.8) is 0 Å². The van der Waals surface area contributed by atoms with Crippen molar-refractivity contribution >= 4 is 11.9 Å². The number of methoxy groups -OCH3 is 1. The minimum Gasteiger partial charge on any atom is -0.468 e. The van der Waals surface area contributed by atoms with Gasteiger partial charge in [-0.25, -0.2) is 0 Å². The summed E-state index contributed by atoms with van der Waals surface area (Å²) in [5, 5.41) is 2.97. The maximum atomic E-state index is 12.1. The maximum absolute atomic E-state index is 12.1. The molecule has 1 amide bonds. The number of hydrogen-bond donors (Lipinski definition) is 1. The second-order valence-corrected chi connectivity index (χ2v) is 5.22. The summed E-state index contributed by atoms with van der Waals surface area (Å²) in [4.78, 5) is 25.4. The van der Waals surface area contributed by atoms with Crippen molar-refractivity contribution in [1.29, 1.82) is 0 Å². The molecule has 0 saturated carbocycles. The van der Waals surface area contributed by atoms with Crippen molar-refractivity contribution in [1.82, 2.24) is 10.2 Å². The topological polar surface area (TPSA) is 58.6 Å². The highest BCUT2D eigenvalue weighted by Gasteiger charge is 2.26. The smallest absolute Gasteiger partial charge is 0.319 e. The highest BCUT2D eigenvalue weighted by atomic mass is 16.5. The standard InChI is InChI=1S/C14H28N2O3/c1-7-8-11(4)15-14(18)12(5)16(10(2)3)9-13(17)19-6/h10-12H,7-9H2,1-6H3,(H,15,18). The molecule has 0 aliphatic carbocycles. The molecule has 0 radical (unpaired) electrons. The number of carbonyl (C=O) groups is 2. The van der Waals surface area contributed by atoms with Gasteiger partial charge in [-0.15, -0.1) is 0 Å². The van der Waals surface area contributed by atoms with Crippen LogP contribution in [0, 0.1) is 0 Å². The van der Waals surface area contributed by atoms with Crippen molar-refractivity contribution < 1.29 is 14.3 Å². The van der Waals surface area contributed by atoms with Gasteiger partial charge in [-0.05, 0) is 34.1 Å². The molecule has 0 spiro atoms. The molecule has 2 unspecified atom stereocenters. The van der Waals surface area contributed by atoms with Crippen LogP contribution < -0.4 is 5.32 Å². The van der Waals surface area contributed by atoms with E-state index in [1.807, 2.05) is 32.6 Å². The molecule has 5 nitrogen and oxygen atoms in total. The molecule has 0 fully saturated rings. The van der Waals surface area contributed by atoms with E-state index in [0.717, 1.165) is 12.8 Å². The van der Waals surface area contributed by atoms with Gasteiger partial charge in [0.1, 0.15) is 0 Å². The summed E-state index contributed by atoms with van der Waals surface area (Å²) in [7, 11) is 1.36. The van der Waals surface area contributed by atoms with E-state index in [1.54, 1.807) is 0 Å². The third kappa shape index (κ3) is 6.57. The SMILES string of the molecule is CCCC(C)NC(=O)C(C)N(CC(=O)OC)C(C)C. The van der Waals surface area contributed by atoms with E-state index in [9.17, 15) is 9.59 Å². The zero-order valence-corrected chi connectivity index (χ0v) is 13.0. The quantitative estimate of drug-likeness (QED) is 0.681. The number of esters is 1. The van der Waals surface area contributed by atoms with Gasteiger partial charge in [-0.3, -0.25) is 14.5 Å². The lowest BCUT2D eigenvalue weighted by atomic mass is 10.1. The van der Waals surface area contributed by atoms with Gasteiger partial charge in [0.05, 0.1) is 19.7 Å². The molecule has 19 heavy (non-hydrogen) atoms. The summed E-state index contributed by atoms with van der Waals surface area (Å²) in [6, 6.07) is -0.0909. The molecule has 1 N–H and O–H groups in total. The number of rotatable bonds is 8. The van der Waals surface area contributed by atoms with Gasteiger partial charge in [-0.2, -0.15) is 0 Å². The molecule has 0 aromatic heterocycles. The summed E-state index contributed by atoms with van der Waals surface area (Å²) >= 11 is 0. The second-order valence-electron chi connectivity index (χ2n) is 5.22. The van der Waals surface area contributed by atoms with Crippen molar-refractivity contribution in [2.24, 2.45) is 0 Å². The van der Waals surface area contributed by atoms with Crippen molar-refractivity contribution in [2.75, 3.05) is 13.7 Å². The third-order valence-corrected chi connectivity index (χ3v) is 3.19. The maximum Gasteiger partial charge on any atom is 0.319 e. The van der Waals surface area contributed by atoms with Crippen LogP contribution in [0.3, 0.4) is 0 Å². The van der Waals surface area contributed by atoms with Gasteiger partial charge >= 0.3 is 5.97 Å². The Hall–Kier alpha value is -1.10. The monoisotopic (exact) mass is 272 g/mol. The zero-order valence-electron chi connectivity index (χ0n) is 13.0. The van der Waals surface area contributed by atoms with Gasteiger partial charge in [0.25, 0.3) is 0 Å². The van der Waals surface area contributed by atoms with E-state index in [1.165, 1.54) is 7.11 Å². The van der Waals surface area contributed by atoms with Crippen molar-refractivity contribution in [2.45, 2.75) is 65.6 Å². The summed E-state index contributed by atoms with van der Waals surface area (Å²) < 4.78 is 4.67. The van der Waals surface area contributed by atoms with E-state index in [2.05, 4.69) is 17.0 Å². The van der Waals surface area contributed by atoms with Crippen LogP contribution in [-0.2, 0) is 14.3 Å². The van der Waals surface area contributed by atoms with Crippen LogP contribution in [0.25, 0.3) is 0 Å². The molecule has 2 atom stereocenters. The predicted molar refractivity (Wildman–Crippen MR) is 75.8 cm³/mol. The van der Waals surface area contributed by atoms with Crippen molar-refractivity contribution in [3.05, 3.63) is 0 Å². The first-order valence-corrected chi connectivity index (χ1v) is 6.96. The number of ether oxygens (including phenoxy) is 1. The molecule has 0 heterocycles. The normalized spacial score (nSPS) is 14.3. The van der Waals surface area contributed by atoms with Gasteiger partial charge in [0.2, 0.25) is 5.91 Å². The molecule has 0 aromatic carbocycles. The van der Waals surface area contributed by atoms with Crippen LogP contribution in [0.5, 0.6) is 0 Å². The molecule has 0 aliphatic heterocycles. The van der Waals surface area contributed by atoms with Crippen LogP contribution in [0.2, 0.25) is 0 Å². The Bertz CT molecular complexity index is 292. The van der Waals surface area contributed by atoms with Crippen molar-refractivity contribution in [3.8, 4) is 0 Å². The van der Waals surface area contributed by atoms with Crippen LogP contribution in [0.15, 0.2) is 0 Å². The van der Waals surface area contributed by atoms with Gasteiger partial charge < -0.3 is 10.1 Å². The summed E-state index contributed by atoms with van der Waals surface area (Å²) in [6.45, 7) is 9.95. The highest BCUT2D eigenvalue weighted by Crippen LogP contribution is 2.07. The molecule has 0 saturated heterocycles. The van der Waals surface area contributed by atoms with E-state index < -0.39 is 0 Å². The number of amides is 1. The first-order chi connectivity index (χ1) is 8.83. The van der Waals surface area contributed by atoms with E-state index in [0.29, 0.717) is 0 Å². The predicted octanol–water partition coefficient (Wildman–Crippen LogP) is 1.56. The average molecular weight is 272 g/mol. The number of hydrogen-bond acceptors (Lipinski definition) is 4. The molecule has 0 rings (SSSR count). The largest absolute Gasteiger partial charge is 0.468 e. The molecule has 5 heteroatoms. The molecular formula is C14H28N2O3. The van der Waals surface area contributed by atoms with E-state index >= 15 is 0 Å². The first kappa shape index (κ1) is 17.9. The minimum absolute atomic E-state index is 0.0430. The Morgan fingerprint density at radius 3 is 2.21 bits per heavy atom. The Morgan fingerprint density at radius 1 is 1.21 bits per heavy atom. The molecule has 0 aliphatic rings. The second kappa shape index (κ2) is 8.91. The average Bonchev–Trinajstić information content (AvgIpc) is 2.34. The summed E-state index contributed by atoms with van der Waals surface area (Å²) in [5.74, 6) is -0.367. The first-order valence-electron chi connectivity index (χ1n) is 6.96. The minimum atomic E-state index is -0.349. The van der Waals surface area contributed by atoms with Crippen LogP contribution in [0.4, 0.5) is 0 Å². The number of nitrogens with one attached hydrogen (secondary N) is 1. The highest BCUT2D eigenvalue weighted by molar-refractivity contribution is 5.82. The van der Waals surface area contributed by atoms with Crippen LogP contribution in [0.1, 0.15) is 47.5 Å². The zero-order chi connectivity index (χ0) is 15.0. The Balaban J connectivity index is 4.57. The molecule has 0 bridgehead atoms. The Labute approximate surface area is 116 Å². The fraction of sp³-hybridized carbons (Fsp3) is 0.857. The van der Waals surface area contributed by atoms with Gasteiger partial charge in [0.15, 0.2) is 0 Å². The molecule has 0 aromatic rings.